The molecule has 0 aliphatic carbocycles. The molecule has 8 heteroatoms. The van der Waals surface area contributed by atoms with E-state index in [0.29, 0.717) is 0 Å². The first-order chi connectivity index (χ1) is 9.29. The van der Waals surface area contributed by atoms with Crippen LogP contribution >= 0.6 is 0 Å². The Labute approximate surface area is 112 Å². The molecule has 0 heterocycles. The van der Waals surface area contributed by atoms with Crippen LogP contribution in [0.3, 0.4) is 0 Å². The molecule has 0 unspecified atom stereocenters. The van der Waals surface area contributed by atoms with Crippen LogP contribution in [0, 0.1) is 0 Å². The third kappa shape index (κ3) is 4.02. The number of carbonyl (C=O) groups is 1. The van der Waals surface area contributed by atoms with Gasteiger partial charge in [0.15, 0.2) is 6.10 Å². The van der Waals surface area contributed by atoms with Crippen LogP contribution in [0.4, 0.5) is 13.2 Å². The van der Waals surface area contributed by atoms with E-state index in [0.717, 1.165) is 6.07 Å². The van der Waals surface area contributed by atoms with Gasteiger partial charge in [-0.05, 0) is 18.2 Å². The van der Waals surface area contributed by atoms with Gasteiger partial charge >= 0.3 is 12.1 Å². The summed E-state index contributed by atoms with van der Waals surface area (Å²) < 4.78 is 53.1. The molecule has 0 amide bonds. The molecule has 0 aliphatic heterocycles. The van der Waals surface area contributed by atoms with Crippen LogP contribution in [-0.2, 0) is 9.53 Å². The monoisotopic (exact) mass is 294 g/mol. The second-order valence-corrected chi connectivity index (χ2v) is 3.73. The van der Waals surface area contributed by atoms with Crippen molar-refractivity contribution in [3.05, 3.63) is 23.8 Å². The van der Waals surface area contributed by atoms with Crippen molar-refractivity contribution in [1.29, 1.82) is 0 Å². The normalized spacial score (nSPS) is 12.8. The summed E-state index contributed by atoms with van der Waals surface area (Å²) in [6.45, 7) is -1.08. The fourth-order valence-electron chi connectivity index (χ4n) is 1.56. The fourth-order valence-corrected chi connectivity index (χ4v) is 1.56. The number of ether oxygens (including phenoxy) is 3. The Hall–Kier alpha value is -1.96. The lowest BCUT2D eigenvalue weighted by Crippen LogP contribution is -2.26. The number of carboxylic acid groups (broad SMARTS) is 1. The number of carboxylic acids is 1. The van der Waals surface area contributed by atoms with Crippen LogP contribution in [-0.4, -0.2) is 38.1 Å². The Morgan fingerprint density at radius 3 is 2.40 bits per heavy atom. The molecule has 1 atom stereocenters. The second-order valence-electron chi connectivity index (χ2n) is 3.73. The minimum absolute atomic E-state index is 0.0708. The van der Waals surface area contributed by atoms with E-state index in [1.54, 1.807) is 0 Å². The molecule has 0 radical (unpaired) electrons. The first-order valence-corrected chi connectivity index (χ1v) is 5.41. The zero-order valence-corrected chi connectivity index (χ0v) is 10.7. The van der Waals surface area contributed by atoms with Crippen molar-refractivity contribution in [3.8, 4) is 11.5 Å². The van der Waals surface area contributed by atoms with E-state index >= 15 is 0 Å². The molecule has 0 fully saturated rings. The average molecular weight is 294 g/mol. The van der Waals surface area contributed by atoms with E-state index in [-0.39, 0.29) is 17.1 Å². The van der Waals surface area contributed by atoms with Gasteiger partial charge in [0, 0.05) is 5.56 Å². The van der Waals surface area contributed by atoms with Crippen LogP contribution in [0.5, 0.6) is 11.5 Å². The molecule has 1 aromatic carbocycles. The highest BCUT2D eigenvalue weighted by atomic mass is 19.4. The summed E-state index contributed by atoms with van der Waals surface area (Å²) in [5.41, 5.74) is -0.347. The van der Waals surface area contributed by atoms with Crippen LogP contribution in [0.2, 0.25) is 0 Å². The number of halogens is 3. The highest BCUT2D eigenvalue weighted by Crippen LogP contribution is 2.41. The van der Waals surface area contributed by atoms with E-state index in [9.17, 15) is 18.0 Å². The SMILES string of the molecule is COc1ccc(OC)c([C@H](OCC(=O)O)C(F)(F)F)c1. The number of alkyl halides is 3. The first kappa shape index (κ1) is 16.1. The predicted octanol–water partition coefficient (Wildman–Crippen LogP) is 2.41. The Kier molecular flexibility index (Phi) is 5.20. The van der Waals surface area contributed by atoms with Crippen LogP contribution in [0.1, 0.15) is 11.7 Å². The van der Waals surface area contributed by atoms with Gasteiger partial charge in [0.05, 0.1) is 14.2 Å². The van der Waals surface area contributed by atoms with Crippen molar-refractivity contribution in [2.24, 2.45) is 0 Å². The molecule has 0 saturated heterocycles. The molecule has 0 saturated carbocycles. The van der Waals surface area contributed by atoms with E-state index in [2.05, 4.69) is 4.74 Å². The van der Waals surface area contributed by atoms with Gasteiger partial charge in [-0.25, -0.2) is 4.79 Å². The molecule has 1 N–H and O–H groups in total. The van der Waals surface area contributed by atoms with Crippen molar-refractivity contribution in [3.63, 3.8) is 0 Å². The highest BCUT2D eigenvalue weighted by molar-refractivity contribution is 5.68. The van der Waals surface area contributed by atoms with E-state index in [1.165, 1.54) is 26.4 Å². The van der Waals surface area contributed by atoms with Gasteiger partial charge in [0.1, 0.15) is 18.1 Å². The Morgan fingerprint density at radius 2 is 1.95 bits per heavy atom. The molecular formula is C12H13F3O5. The smallest absolute Gasteiger partial charge is 0.419 e. The molecule has 5 nitrogen and oxygen atoms in total. The number of benzene rings is 1. The van der Waals surface area contributed by atoms with Crippen molar-refractivity contribution in [1.82, 2.24) is 0 Å². The first-order valence-electron chi connectivity index (χ1n) is 5.41. The Morgan fingerprint density at radius 1 is 1.30 bits per heavy atom. The van der Waals surface area contributed by atoms with Crippen molar-refractivity contribution in [2.75, 3.05) is 20.8 Å². The summed E-state index contributed by atoms with van der Waals surface area (Å²) >= 11 is 0. The van der Waals surface area contributed by atoms with Gasteiger partial charge in [-0.15, -0.1) is 0 Å². The quantitative estimate of drug-likeness (QED) is 0.872. The Bertz CT molecular complexity index is 473. The fraction of sp³-hybridized carbons (Fsp3) is 0.417. The van der Waals surface area contributed by atoms with Gasteiger partial charge < -0.3 is 19.3 Å². The zero-order valence-electron chi connectivity index (χ0n) is 10.7. The van der Waals surface area contributed by atoms with Gasteiger partial charge in [0.25, 0.3) is 0 Å². The number of hydrogen-bond acceptors (Lipinski definition) is 4. The van der Waals surface area contributed by atoms with Crippen LogP contribution < -0.4 is 9.47 Å². The second kappa shape index (κ2) is 6.47. The lowest BCUT2D eigenvalue weighted by Gasteiger charge is -2.22. The number of hydrogen-bond donors (Lipinski definition) is 1. The summed E-state index contributed by atoms with van der Waals surface area (Å²) in [5, 5.41) is 8.45. The third-order valence-corrected chi connectivity index (χ3v) is 2.39. The predicted molar refractivity (Wildman–Crippen MR) is 61.9 cm³/mol. The van der Waals surface area contributed by atoms with Crippen LogP contribution in [0.25, 0.3) is 0 Å². The largest absolute Gasteiger partial charge is 0.497 e. The minimum atomic E-state index is -4.78. The molecule has 112 valence electrons. The zero-order chi connectivity index (χ0) is 15.3. The highest BCUT2D eigenvalue weighted by Gasteiger charge is 2.44. The van der Waals surface area contributed by atoms with Gasteiger partial charge in [-0.3, -0.25) is 0 Å². The topological polar surface area (TPSA) is 65.0 Å². The van der Waals surface area contributed by atoms with E-state index in [1.807, 2.05) is 0 Å². The minimum Gasteiger partial charge on any atom is -0.497 e. The number of rotatable bonds is 6. The average Bonchev–Trinajstić information content (AvgIpc) is 2.36. The Balaban J connectivity index is 3.20. The van der Waals surface area contributed by atoms with Gasteiger partial charge in [-0.1, -0.05) is 0 Å². The van der Waals surface area contributed by atoms with Crippen LogP contribution in [0.15, 0.2) is 18.2 Å². The van der Waals surface area contributed by atoms with Gasteiger partial charge in [-0.2, -0.15) is 13.2 Å². The molecule has 0 spiro atoms. The third-order valence-electron chi connectivity index (χ3n) is 2.39. The summed E-state index contributed by atoms with van der Waals surface area (Å²) in [7, 11) is 2.50. The molecule has 0 aromatic heterocycles. The standard InChI is InChI=1S/C12H13F3O5/c1-18-7-3-4-9(19-2)8(5-7)11(12(13,14)15)20-6-10(16)17/h3-5,11H,6H2,1-2H3,(H,16,17)/t11-/m0/s1. The number of methoxy groups -OCH3 is 2. The molecule has 1 aromatic rings. The maximum Gasteiger partial charge on any atom is 0.419 e. The van der Waals surface area contributed by atoms with Crippen molar-refractivity contribution in [2.45, 2.75) is 12.3 Å². The molecule has 20 heavy (non-hydrogen) atoms. The van der Waals surface area contributed by atoms with E-state index in [4.69, 9.17) is 14.6 Å². The van der Waals surface area contributed by atoms with E-state index < -0.39 is 24.9 Å². The molecule has 1 rings (SSSR count). The summed E-state index contributed by atoms with van der Waals surface area (Å²) in [4.78, 5) is 10.4. The maximum atomic E-state index is 13.0. The van der Waals surface area contributed by atoms with Crippen molar-refractivity contribution >= 4 is 5.97 Å². The van der Waals surface area contributed by atoms with Crippen molar-refractivity contribution < 1.29 is 37.3 Å². The summed E-state index contributed by atoms with van der Waals surface area (Å²) in [6, 6.07) is 3.81. The lowest BCUT2D eigenvalue weighted by atomic mass is 10.1. The summed E-state index contributed by atoms with van der Waals surface area (Å²) in [5.74, 6) is -1.39. The molecular weight excluding hydrogens is 281 g/mol. The molecule has 0 bridgehead atoms. The maximum absolute atomic E-state index is 13.0. The lowest BCUT2D eigenvalue weighted by molar-refractivity contribution is -0.225. The number of aliphatic carboxylic acids is 1. The molecule has 0 aliphatic rings. The summed E-state index contributed by atoms with van der Waals surface area (Å²) in [6.07, 6.45) is -7.20. The van der Waals surface area contributed by atoms with Gasteiger partial charge in [0.2, 0.25) is 0 Å².